The first kappa shape index (κ1) is 21.7. The van der Waals surface area contributed by atoms with Gasteiger partial charge in [0.2, 0.25) is 0 Å². The number of hydrogen-bond donors (Lipinski definition) is 4. The number of para-hydroxylation sites is 2. The Balaban J connectivity index is 0.000000142. The SMILES string of the molecule is Oc1ccc(-c2nc3ccccc3s2)cc1O.Oc1ccc(-c2nc3ccccc3s2)cc1O. The molecule has 8 heteroatoms. The predicted molar refractivity (Wildman–Crippen MR) is 137 cm³/mol. The second-order valence-corrected chi connectivity index (χ2v) is 9.44. The second-order valence-electron chi connectivity index (χ2n) is 7.38. The van der Waals surface area contributed by atoms with Crippen LogP contribution in [0.3, 0.4) is 0 Å². The summed E-state index contributed by atoms with van der Waals surface area (Å²) in [7, 11) is 0. The molecule has 168 valence electrons. The molecule has 0 saturated heterocycles. The zero-order valence-corrected chi connectivity index (χ0v) is 19.2. The van der Waals surface area contributed by atoms with E-state index in [9.17, 15) is 20.4 Å². The van der Waals surface area contributed by atoms with Gasteiger partial charge in [0.15, 0.2) is 23.0 Å². The van der Waals surface area contributed by atoms with E-state index in [1.165, 1.54) is 24.3 Å². The molecular formula is C26H18N2O4S2. The zero-order valence-electron chi connectivity index (χ0n) is 17.6. The molecule has 0 aliphatic carbocycles. The second kappa shape index (κ2) is 9.01. The van der Waals surface area contributed by atoms with Gasteiger partial charge in [0.1, 0.15) is 10.0 Å². The molecule has 0 amide bonds. The highest BCUT2D eigenvalue weighted by molar-refractivity contribution is 7.22. The fraction of sp³-hybridized carbons (Fsp3) is 0. The van der Waals surface area contributed by atoms with E-state index in [2.05, 4.69) is 9.97 Å². The maximum atomic E-state index is 9.46. The van der Waals surface area contributed by atoms with Gasteiger partial charge < -0.3 is 20.4 Å². The third kappa shape index (κ3) is 4.36. The molecule has 0 atom stereocenters. The lowest BCUT2D eigenvalue weighted by Gasteiger charge is -1.99. The van der Waals surface area contributed by atoms with Crippen molar-refractivity contribution in [3.8, 4) is 44.1 Å². The minimum absolute atomic E-state index is 0.116. The van der Waals surface area contributed by atoms with Gasteiger partial charge in [-0.25, -0.2) is 9.97 Å². The van der Waals surface area contributed by atoms with Crippen molar-refractivity contribution < 1.29 is 20.4 Å². The van der Waals surface area contributed by atoms with E-state index in [-0.39, 0.29) is 23.0 Å². The van der Waals surface area contributed by atoms with Crippen LogP contribution in [0.5, 0.6) is 23.0 Å². The van der Waals surface area contributed by atoms with Crippen molar-refractivity contribution in [1.29, 1.82) is 0 Å². The van der Waals surface area contributed by atoms with Crippen LogP contribution in [0.25, 0.3) is 41.6 Å². The first-order valence-corrected chi connectivity index (χ1v) is 11.9. The van der Waals surface area contributed by atoms with Crippen molar-refractivity contribution in [1.82, 2.24) is 9.97 Å². The lowest BCUT2D eigenvalue weighted by atomic mass is 10.2. The molecule has 0 unspecified atom stereocenters. The van der Waals surface area contributed by atoms with Crippen molar-refractivity contribution in [3.05, 3.63) is 84.9 Å². The fourth-order valence-corrected chi connectivity index (χ4v) is 5.23. The van der Waals surface area contributed by atoms with Gasteiger partial charge in [-0.15, -0.1) is 22.7 Å². The Bertz CT molecular complexity index is 1440. The van der Waals surface area contributed by atoms with Gasteiger partial charge in [-0.1, -0.05) is 24.3 Å². The number of aromatic hydroxyl groups is 4. The molecule has 6 aromatic rings. The van der Waals surface area contributed by atoms with Crippen LogP contribution in [0.4, 0.5) is 0 Å². The smallest absolute Gasteiger partial charge is 0.158 e. The van der Waals surface area contributed by atoms with Crippen molar-refractivity contribution >= 4 is 43.1 Å². The van der Waals surface area contributed by atoms with Crippen LogP contribution in [0.15, 0.2) is 84.9 Å². The number of nitrogens with zero attached hydrogens (tertiary/aromatic N) is 2. The number of benzene rings is 4. The summed E-state index contributed by atoms with van der Waals surface area (Å²) in [5.74, 6) is -0.478. The normalized spacial score (nSPS) is 10.8. The van der Waals surface area contributed by atoms with Crippen LogP contribution < -0.4 is 0 Å². The molecule has 0 saturated carbocycles. The van der Waals surface area contributed by atoms with Crippen molar-refractivity contribution in [3.63, 3.8) is 0 Å². The molecule has 0 spiro atoms. The number of rotatable bonds is 2. The van der Waals surface area contributed by atoms with Crippen LogP contribution in [0, 0.1) is 0 Å². The monoisotopic (exact) mass is 486 g/mol. The summed E-state index contributed by atoms with van der Waals surface area (Å²) >= 11 is 3.12. The topological polar surface area (TPSA) is 107 Å². The molecule has 0 aliphatic rings. The summed E-state index contributed by atoms with van der Waals surface area (Å²) in [6.45, 7) is 0. The third-order valence-electron chi connectivity index (χ3n) is 5.03. The van der Waals surface area contributed by atoms with Crippen molar-refractivity contribution in [2.45, 2.75) is 0 Å². The molecule has 4 N–H and O–H groups in total. The molecule has 2 aromatic heterocycles. The summed E-state index contributed by atoms with van der Waals surface area (Å²) < 4.78 is 2.21. The highest BCUT2D eigenvalue weighted by Crippen LogP contribution is 2.35. The minimum Gasteiger partial charge on any atom is -0.504 e. The van der Waals surface area contributed by atoms with Crippen LogP contribution in [0.1, 0.15) is 0 Å². The quantitative estimate of drug-likeness (QED) is 0.202. The van der Waals surface area contributed by atoms with Crippen LogP contribution in [-0.2, 0) is 0 Å². The summed E-state index contributed by atoms with van der Waals surface area (Å²) in [5.41, 5.74) is 3.50. The van der Waals surface area contributed by atoms with Gasteiger partial charge in [-0.2, -0.15) is 0 Å². The number of phenols is 4. The molecule has 0 radical (unpaired) electrons. The van der Waals surface area contributed by atoms with Gasteiger partial charge >= 0.3 is 0 Å². The Kier molecular flexibility index (Phi) is 5.75. The van der Waals surface area contributed by atoms with E-state index in [0.717, 1.165) is 41.6 Å². The molecule has 0 fully saturated rings. The molecular weight excluding hydrogens is 468 g/mol. The van der Waals surface area contributed by atoms with E-state index in [4.69, 9.17) is 0 Å². The number of phenolic OH excluding ortho intramolecular Hbond substituents is 4. The third-order valence-corrected chi connectivity index (χ3v) is 7.20. The van der Waals surface area contributed by atoms with E-state index in [1.54, 1.807) is 34.8 Å². The predicted octanol–water partition coefficient (Wildman–Crippen LogP) is 6.75. The molecule has 2 heterocycles. The average molecular weight is 487 g/mol. The highest BCUT2D eigenvalue weighted by atomic mass is 32.1. The standard InChI is InChI=1S/2C13H9NO2S/c2*15-10-6-5-8(7-11(10)16)13-14-9-3-1-2-4-12(9)17-13/h2*1-7,15-16H. The van der Waals surface area contributed by atoms with Gasteiger partial charge in [0.05, 0.1) is 20.4 Å². The minimum atomic E-state index is -0.123. The maximum Gasteiger partial charge on any atom is 0.158 e. The van der Waals surface area contributed by atoms with Crippen molar-refractivity contribution in [2.24, 2.45) is 0 Å². The van der Waals surface area contributed by atoms with E-state index < -0.39 is 0 Å². The molecule has 34 heavy (non-hydrogen) atoms. The van der Waals surface area contributed by atoms with Gasteiger partial charge in [0, 0.05) is 11.1 Å². The number of aromatic nitrogens is 2. The summed E-state index contributed by atoms with van der Waals surface area (Å²) in [6, 6.07) is 25.2. The summed E-state index contributed by atoms with van der Waals surface area (Å²) in [5, 5.41) is 39.1. The number of hydrogen-bond acceptors (Lipinski definition) is 8. The highest BCUT2D eigenvalue weighted by Gasteiger charge is 2.09. The lowest BCUT2D eigenvalue weighted by Crippen LogP contribution is -1.76. The molecule has 4 aromatic carbocycles. The Labute approximate surface area is 202 Å². The first-order chi connectivity index (χ1) is 16.5. The molecule has 0 bridgehead atoms. The Morgan fingerprint density at radius 2 is 0.882 bits per heavy atom. The fourth-order valence-electron chi connectivity index (χ4n) is 3.30. The van der Waals surface area contributed by atoms with Gasteiger partial charge in [-0.05, 0) is 60.7 Å². The molecule has 6 rings (SSSR count). The number of fused-ring (bicyclic) bond motifs is 2. The van der Waals surface area contributed by atoms with E-state index >= 15 is 0 Å². The van der Waals surface area contributed by atoms with Crippen LogP contribution in [-0.4, -0.2) is 30.4 Å². The largest absolute Gasteiger partial charge is 0.504 e. The summed E-state index contributed by atoms with van der Waals surface area (Å²) in [6.07, 6.45) is 0. The van der Waals surface area contributed by atoms with Crippen molar-refractivity contribution in [2.75, 3.05) is 0 Å². The van der Waals surface area contributed by atoms with Crippen LogP contribution >= 0.6 is 22.7 Å². The Morgan fingerprint density at radius 3 is 1.26 bits per heavy atom. The average Bonchev–Trinajstić information content (AvgIpc) is 3.47. The molecule has 6 nitrogen and oxygen atoms in total. The summed E-state index contributed by atoms with van der Waals surface area (Å²) in [4.78, 5) is 8.96. The lowest BCUT2D eigenvalue weighted by molar-refractivity contribution is 0.404. The number of thiazole rings is 2. The van der Waals surface area contributed by atoms with Crippen LogP contribution in [0.2, 0.25) is 0 Å². The van der Waals surface area contributed by atoms with Gasteiger partial charge in [0.25, 0.3) is 0 Å². The molecule has 0 aliphatic heterocycles. The Hall–Kier alpha value is -4.14. The Morgan fingerprint density at radius 1 is 0.471 bits per heavy atom. The van der Waals surface area contributed by atoms with Gasteiger partial charge in [-0.3, -0.25) is 0 Å². The first-order valence-electron chi connectivity index (χ1n) is 10.2. The zero-order chi connectivity index (χ0) is 23.7. The van der Waals surface area contributed by atoms with E-state index in [1.807, 2.05) is 48.5 Å². The van der Waals surface area contributed by atoms with E-state index in [0.29, 0.717) is 0 Å². The maximum absolute atomic E-state index is 9.46.